The van der Waals surface area contributed by atoms with Crippen molar-refractivity contribution in [3.63, 3.8) is 0 Å². The van der Waals surface area contributed by atoms with Crippen molar-refractivity contribution in [1.29, 1.82) is 0 Å². The van der Waals surface area contributed by atoms with Gasteiger partial charge in [-0.3, -0.25) is 0 Å². The zero-order valence-corrected chi connectivity index (χ0v) is 11.0. The Morgan fingerprint density at radius 1 is 1.60 bits per heavy atom. The lowest BCUT2D eigenvalue weighted by atomic mass is 10.2. The molecule has 1 aromatic heterocycles. The summed E-state index contributed by atoms with van der Waals surface area (Å²) in [6.45, 7) is 4.10. The number of aromatic nitrogens is 2. The zero-order chi connectivity index (χ0) is 14.5. The fourth-order valence-corrected chi connectivity index (χ4v) is 1.67. The maximum atomic E-state index is 13.5. The average Bonchev–Trinajstić information content (AvgIpc) is 2.93. The molecule has 0 unspecified atom stereocenters. The highest BCUT2D eigenvalue weighted by Gasteiger charge is 2.12. The number of carbonyl (C=O) groups excluding carboxylic acids is 1. The van der Waals surface area contributed by atoms with Crippen LogP contribution in [0.25, 0.3) is 6.20 Å². The minimum Gasteiger partial charge on any atom is -0.465 e. The fraction of sp³-hybridized carbons (Fsp3) is 0.143. The molecule has 0 spiro atoms. The summed E-state index contributed by atoms with van der Waals surface area (Å²) >= 11 is 0. The van der Waals surface area contributed by atoms with E-state index in [1.807, 2.05) is 6.20 Å². The molecule has 5 nitrogen and oxygen atoms in total. The fourth-order valence-electron chi connectivity index (χ4n) is 1.67. The van der Waals surface area contributed by atoms with Crippen LogP contribution in [0.3, 0.4) is 0 Å². The smallest absolute Gasteiger partial charge is 0.340 e. The van der Waals surface area contributed by atoms with Crippen molar-refractivity contribution in [3.8, 4) is 0 Å². The number of esters is 1. The Labute approximate surface area is 115 Å². The Morgan fingerprint density at radius 2 is 2.40 bits per heavy atom. The van der Waals surface area contributed by atoms with Gasteiger partial charge in [0.2, 0.25) is 0 Å². The molecule has 0 aliphatic carbocycles. The summed E-state index contributed by atoms with van der Waals surface area (Å²) in [5.41, 5.74) is 1.46. The molecule has 2 aromatic rings. The lowest BCUT2D eigenvalue weighted by Crippen LogP contribution is -2.06. The van der Waals surface area contributed by atoms with Gasteiger partial charge < -0.3 is 10.1 Å². The van der Waals surface area contributed by atoms with E-state index >= 15 is 0 Å². The molecule has 2 rings (SSSR count). The number of benzene rings is 1. The van der Waals surface area contributed by atoms with Gasteiger partial charge in [0.15, 0.2) is 0 Å². The van der Waals surface area contributed by atoms with Crippen LogP contribution in [-0.2, 0) is 11.3 Å². The Bertz CT molecular complexity index is 637. The normalized spacial score (nSPS) is 10.1. The van der Waals surface area contributed by atoms with Crippen LogP contribution in [0.1, 0.15) is 15.9 Å². The maximum Gasteiger partial charge on any atom is 0.340 e. The van der Waals surface area contributed by atoms with E-state index in [-0.39, 0.29) is 5.56 Å². The predicted molar refractivity (Wildman–Crippen MR) is 73.7 cm³/mol. The number of rotatable bonds is 5. The van der Waals surface area contributed by atoms with E-state index in [9.17, 15) is 9.18 Å². The number of nitrogens with one attached hydrogen (secondary N) is 1. The first-order valence-corrected chi connectivity index (χ1v) is 5.91. The Morgan fingerprint density at radius 3 is 3.05 bits per heavy atom. The van der Waals surface area contributed by atoms with Crippen LogP contribution in [0.2, 0.25) is 0 Å². The predicted octanol–water partition coefficient (Wildman–Crippen LogP) is 2.52. The van der Waals surface area contributed by atoms with Crippen LogP contribution in [0.15, 0.2) is 37.2 Å². The van der Waals surface area contributed by atoms with Gasteiger partial charge in [0, 0.05) is 30.2 Å². The van der Waals surface area contributed by atoms with Crippen molar-refractivity contribution in [2.75, 3.05) is 12.4 Å². The van der Waals surface area contributed by atoms with Crippen molar-refractivity contribution in [2.45, 2.75) is 6.54 Å². The monoisotopic (exact) mass is 275 g/mol. The van der Waals surface area contributed by atoms with Crippen LogP contribution < -0.4 is 5.32 Å². The molecule has 1 aromatic carbocycles. The van der Waals surface area contributed by atoms with Crippen molar-refractivity contribution in [1.82, 2.24) is 9.78 Å². The van der Waals surface area contributed by atoms with Gasteiger partial charge in [0.1, 0.15) is 5.82 Å². The van der Waals surface area contributed by atoms with Gasteiger partial charge in [-0.25, -0.2) is 13.9 Å². The van der Waals surface area contributed by atoms with Crippen LogP contribution in [0.5, 0.6) is 0 Å². The molecule has 6 heteroatoms. The first-order chi connectivity index (χ1) is 9.63. The van der Waals surface area contributed by atoms with Crippen LogP contribution >= 0.6 is 0 Å². The summed E-state index contributed by atoms with van der Waals surface area (Å²) in [6.07, 6.45) is 5.08. The number of hydrogen-bond acceptors (Lipinski definition) is 4. The molecule has 20 heavy (non-hydrogen) atoms. The van der Waals surface area contributed by atoms with Gasteiger partial charge in [-0.1, -0.05) is 6.58 Å². The summed E-state index contributed by atoms with van der Waals surface area (Å²) < 4.78 is 19.6. The second-order valence-electron chi connectivity index (χ2n) is 4.05. The molecule has 104 valence electrons. The Kier molecular flexibility index (Phi) is 4.14. The number of halogens is 1. The number of ether oxygens (including phenoxy) is 1. The molecule has 1 N–H and O–H groups in total. The lowest BCUT2D eigenvalue weighted by molar-refractivity contribution is 0.0595. The summed E-state index contributed by atoms with van der Waals surface area (Å²) in [6, 6.07) is 4.19. The number of hydrogen-bond donors (Lipinski definition) is 1. The van der Waals surface area contributed by atoms with Gasteiger partial charge >= 0.3 is 5.97 Å². The van der Waals surface area contributed by atoms with Crippen molar-refractivity contribution >= 4 is 17.9 Å². The molecule has 0 saturated carbocycles. The second kappa shape index (κ2) is 6.01. The number of methoxy groups -OCH3 is 1. The molecular formula is C14H14FN3O2. The average molecular weight is 275 g/mol. The first kappa shape index (κ1) is 13.8. The lowest BCUT2D eigenvalue weighted by Gasteiger charge is -2.07. The third kappa shape index (κ3) is 3.03. The SMILES string of the molecule is C=Cn1cc(CNc2ccc(F)c(C(=O)OC)c2)cn1. The van der Waals surface area contributed by atoms with Crippen molar-refractivity contribution < 1.29 is 13.9 Å². The third-order valence-corrected chi connectivity index (χ3v) is 2.71. The minimum absolute atomic E-state index is 0.0979. The van der Waals surface area contributed by atoms with E-state index in [0.29, 0.717) is 12.2 Å². The van der Waals surface area contributed by atoms with E-state index in [2.05, 4.69) is 21.7 Å². The highest BCUT2D eigenvalue weighted by molar-refractivity contribution is 5.90. The number of nitrogens with zero attached hydrogens (tertiary/aromatic N) is 2. The topological polar surface area (TPSA) is 56.2 Å². The van der Waals surface area contributed by atoms with E-state index < -0.39 is 11.8 Å². The molecule has 0 fully saturated rings. The minimum atomic E-state index is -0.703. The van der Waals surface area contributed by atoms with E-state index in [1.165, 1.54) is 19.2 Å². The summed E-state index contributed by atoms with van der Waals surface area (Å²) in [5, 5.41) is 7.13. The van der Waals surface area contributed by atoms with Crippen LogP contribution in [0.4, 0.5) is 10.1 Å². The molecule has 0 bridgehead atoms. The maximum absolute atomic E-state index is 13.5. The molecule has 0 atom stereocenters. The quantitative estimate of drug-likeness (QED) is 0.852. The second-order valence-corrected chi connectivity index (χ2v) is 4.05. The summed E-state index contributed by atoms with van der Waals surface area (Å²) in [7, 11) is 1.21. The standard InChI is InChI=1S/C14H14FN3O2/c1-3-18-9-10(8-17-18)7-16-11-4-5-13(15)12(6-11)14(19)20-2/h3-6,8-9,16H,1,7H2,2H3. The highest BCUT2D eigenvalue weighted by atomic mass is 19.1. The van der Waals surface area contributed by atoms with Gasteiger partial charge in [-0.05, 0) is 18.2 Å². The Hall–Kier alpha value is -2.63. The van der Waals surface area contributed by atoms with E-state index in [1.54, 1.807) is 23.1 Å². The molecule has 0 saturated heterocycles. The molecule has 0 radical (unpaired) electrons. The van der Waals surface area contributed by atoms with Crippen molar-refractivity contribution in [3.05, 3.63) is 54.1 Å². The largest absolute Gasteiger partial charge is 0.465 e. The summed E-state index contributed by atoms with van der Waals surface area (Å²) in [5.74, 6) is -1.31. The Balaban J connectivity index is 2.09. The van der Waals surface area contributed by atoms with E-state index in [4.69, 9.17) is 0 Å². The molecular weight excluding hydrogens is 261 g/mol. The molecule has 0 aliphatic heterocycles. The zero-order valence-electron chi connectivity index (χ0n) is 11.0. The molecule has 0 amide bonds. The van der Waals surface area contributed by atoms with Gasteiger partial charge in [-0.2, -0.15) is 5.10 Å². The molecule has 0 aliphatic rings. The van der Waals surface area contributed by atoms with Crippen LogP contribution in [-0.4, -0.2) is 22.9 Å². The third-order valence-electron chi connectivity index (χ3n) is 2.71. The first-order valence-electron chi connectivity index (χ1n) is 5.91. The number of carbonyl (C=O) groups is 1. The van der Waals surface area contributed by atoms with Crippen molar-refractivity contribution in [2.24, 2.45) is 0 Å². The summed E-state index contributed by atoms with van der Waals surface area (Å²) in [4.78, 5) is 11.4. The molecule has 1 heterocycles. The number of anilines is 1. The van der Waals surface area contributed by atoms with Gasteiger partial charge in [0.05, 0.1) is 18.9 Å². The van der Waals surface area contributed by atoms with Gasteiger partial charge in [-0.15, -0.1) is 0 Å². The van der Waals surface area contributed by atoms with E-state index in [0.717, 1.165) is 5.56 Å². The van der Waals surface area contributed by atoms with Crippen LogP contribution in [0, 0.1) is 5.82 Å². The van der Waals surface area contributed by atoms with Gasteiger partial charge in [0.25, 0.3) is 0 Å². The highest BCUT2D eigenvalue weighted by Crippen LogP contribution is 2.16.